The van der Waals surface area contributed by atoms with Crippen LogP contribution in [0.25, 0.3) is 11.0 Å². The molecule has 1 fully saturated rings. The molecule has 2 aromatic rings. The van der Waals surface area contributed by atoms with Crippen molar-refractivity contribution in [2.45, 2.75) is 46.5 Å². The molecule has 1 aliphatic rings. The molecule has 1 aliphatic heterocycles. The highest BCUT2D eigenvalue weighted by Gasteiger charge is 2.24. The number of piperidine rings is 1. The number of fused-ring (bicyclic) bond motifs is 1. The Morgan fingerprint density at radius 3 is 2.55 bits per heavy atom. The van der Waals surface area contributed by atoms with Crippen LogP contribution >= 0.6 is 0 Å². The SMILES string of the molecule is COc1nn(C)c2nc(C)c(CCC(=O)N3CCC(CNC(C)=O)CC3)c(C)c12. The number of rotatable bonds is 6. The molecule has 0 radical (unpaired) electrons. The van der Waals surface area contributed by atoms with Crippen molar-refractivity contribution in [3.8, 4) is 5.88 Å². The van der Waals surface area contributed by atoms with Gasteiger partial charge in [0.2, 0.25) is 17.7 Å². The number of likely N-dealkylation sites (tertiary alicyclic amines) is 1. The molecule has 3 rings (SSSR count). The van der Waals surface area contributed by atoms with Crippen molar-refractivity contribution in [1.29, 1.82) is 0 Å². The second-order valence-electron chi connectivity index (χ2n) is 7.89. The molecule has 1 N–H and O–H groups in total. The molecule has 0 aliphatic carbocycles. The molecule has 0 bridgehead atoms. The third-order valence-corrected chi connectivity index (χ3v) is 5.91. The van der Waals surface area contributed by atoms with Crippen LogP contribution < -0.4 is 10.1 Å². The molecular formula is C21H31N5O3. The van der Waals surface area contributed by atoms with E-state index in [0.29, 0.717) is 31.2 Å². The summed E-state index contributed by atoms with van der Waals surface area (Å²) >= 11 is 0. The second-order valence-corrected chi connectivity index (χ2v) is 7.89. The summed E-state index contributed by atoms with van der Waals surface area (Å²) in [7, 11) is 3.47. The van der Waals surface area contributed by atoms with E-state index >= 15 is 0 Å². The van der Waals surface area contributed by atoms with Crippen LogP contribution in [0.2, 0.25) is 0 Å². The molecule has 8 nitrogen and oxygen atoms in total. The van der Waals surface area contributed by atoms with Crippen LogP contribution in [-0.4, -0.2) is 58.2 Å². The third kappa shape index (κ3) is 4.52. The smallest absolute Gasteiger partial charge is 0.242 e. The maximum Gasteiger partial charge on any atom is 0.242 e. The summed E-state index contributed by atoms with van der Waals surface area (Å²) in [6.07, 6.45) is 2.99. The number of carbonyl (C=O) groups excluding carboxylic acids is 2. The van der Waals surface area contributed by atoms with Gasteiger partial charge in [0.1, 0.15) is 0 Å². The highest BCUT2D eigenvalue weighted by atomic mass is 16.5. The maximum atomic E-state index is 12.8. The molecule has 3 heterocycles. The molecule has 0 spiro atoms. The number of carbonyl (C=O) groups is 2. The molecular weight excluding hydrogens is 370 g/mol. The van der Waals surface area contributed by atoms with Crippen molar-refractivity contribution in [2.75, 3.05) is 26.7 Å². The minimum absolute atomic E-state index is 0.00470. The van der Waals surface area contributed by atoms with Gasteiger partial charge in [-0.15, -0.1) is 5.10 Å². The average molecular weight is 402 g/mol. The number of hydrogen-bond donors (Lipinski definition) is 1. The molecule has 1 saturated heterocycles. The lowest BCUT2D eigenvalue weighted by Crippen LogP contribution is -2.41. The Bertz CT molecular complexity index is 913. The van der Waals surface area contributed by atoms with E-state index in [2.05, 4.69) is 17.3 Å². The molecule has 29 heavy (non-hydrogen) atoms. The lowest BCUT2D eigenvalue weighted by molar-refractivity contribution is -0.132. The Kier molecular flexibility index (Phi) is 6.39. The molecule has 8 heteroatoms. The number of aryl methyl sites for hydroxylation is 3. The zero-order valence-electron chi connectivity index (χ0n) is 18.0. The van der Waals surface area contributed by atoms with Gasteiger partial charge in [-0.2, -0.15) is 0 Å². The Labute approximate surface area is 171 Å². The number of nitrogens with one attached hydrogen (secondary N) is 1. The highest BCUT2D eigenvalue weighted by molar-refractivity contribution is 5.86. The van der Waals surface area contributed by atoms with Crippen LogP contribution in [0, 0.1) is 19.8 Å². The van der Waals surface area contributed by atoms with Crippen molar-refractivity contribution in [3.63, 3.8) is 0 Å². The van der Waals surface area contributed by atoms with Crippen molar-refractivity contribution < 1.29 is 14.3 Å². The second kappa shape index (κ2) is 8.80. The molecule has 2 aromatic heterocycles. The number of methoxy groups -OCH3 is 1. The lowest BCUT2D eigenvalue weighted by Gasteiger charge is -2.32. The topological polar surface area (TPSA) is 89.3 Å². The third-order valence-electron chi connectivity index (χ3n) is 5.91. The lowest BCUT2D eigenvalue weighted by atomic mass is 9.95. The van der Waals surface area contributed by atoms with Gasteiger partial charge in [0.25, 0.3) is 0 Å². The van der Waals surface area contributed by atoms with E-state index in [4.69, 9.17) is 9.72 Å². The Morgan fingerprint density at radius 1 is 1.24 bits per heavy atom. The van der Waals surface area contributed by atoms with Crippen LogP contribution in [0.15, 0.2) is 0 Å². The van der Waals surface area contributed by atoms with Crippen LogP contribution in [0.3, 0.4) is 0 Å². The number of nitrogens with zero attached hydrogens (tertiary/aromatic N) is 4. The Hall–Kier alpha value is -2.64. The normalized spacial score (nSPS) is 15.0. The van der Waals surface area contributed by atoms with Gasteiger partial charge in [-0.1, -0.05) is 0 Å². The standard InChI is InChI=1S/C21H31N5O3/c1-13-17(14(2)23-20-19(13)21(29-5)24-25(20)4)6-7-18(28)26-10-8-16(9-11-26)12-22-15(3)27/h16H,6-12H2,1-5H3,(H,22,27). The zero-order valence-corrected chi connectivity index (χ0v) is 18.0. The summed E-state index contributed by atoms with van der Waals surface area (Å²) in [4.78, 5) is 30.5. The first-order chi connectivity index (χ1) is 13.8. The van der Waals surface area contributed by atoms with Gasteiger partial charge in [-0.05, 0) is 50.2 Å². The van der Waals surface area contributed by atoms with Gasteiger partial charge in [-0.3, -0.25) is 9.59 Å². The number of hydrogen-bond acceptors (Lipinski definition) is 5. The summed E-state index contributed by atoms with van der Waals surface area (Å²) in [6.45, 7) is 7.79. The van der Waals surface area contributed by atoms with Gasteiger partial charge >= 0.3 is 0 Å². The first-order valence-corrected chi connectivity index (χ1v) is 10.2. The molecule has 0 aromatic carbocycles. The van der Waals surface area contributed by atoms with E-state index in [1.54, 1.807) is 11.8 Å². The van der Waals surface area contributed by atoms with Crippen LogP contribution in [0.1, 0.15) is 43.0 Å². The summed E-state index contributed by atoms with van der Waals surface area (Å²) in [6, 6.07) is 0. The van der Waals surface area contributed by atoms with Gasteiger partial charge in [-0.25, -0.2) is 9.67 Å². The average Bonchev–Trinajstić information content (AvgIpc) is 3.02. The van der Waals surface area contributed by atoms with Crippen molar-refractivity contribution in [2.24, 2.45) is 13.0 Å². The van der Waals surface area contributed by atoms with Gasteiger partial charge in [0.15, 0.2) is 5.65 Å². The largest absolute Gasteiger partial charge is 0.479 e. The fraction of sp³-hybridized carbons (Fsp3) is 0.619. The number of aromatic nitrogens is 3. The fourth-order valence-corrected chi connectivity index (χ4v) is 4.17. The van der Waals surface area contributed by atoms with E-state index in [-0.39, 0.29) is 11.8 Å². The van der Waals surface area contributed by atoms with Gasteiger partial charge in [0, 0.05) is 45.7 Å². The van der Waals surface area contributed by atoms with Crippen molar-refractivity contribution in [1.82, 2.24) is 25.0 Å². The van der Waals surface area contributed by atoms with E-state index in [0.717, 1.165) is 53.8 Å². The molecule has 0 saturated carbocycles. The zero-order chi connectivity index (χ0) is 21.1. The first kappa shape index (κ1) is 21.1. The highest BCUT2D eigenvalue weighted by Crippen LogP contribution is 2.30. The fourth-order valence-electron chi connectivity index (χ4n) is 4.17. The van der Waals surface area contributed by atoms with Crippen LogP contribution in [-0.2, 0) is 23.1 Å². The van der Waals surface area contributed by atoms with E-state index in [1.807, 2.05) is 18.9 Å². The predicted octanol–water partition coefficient (Wildman–Crippen LogP) is 1.90. The number of amides is 2. The molecule has 0 unspecified atom stereocenters. The minimum Gasteiger partial charge on any atom is -0.479 e. The maximum absolute atomic E-state index is 12.8. The molecule has 158 valence electrons. The molecule has 0 atom stereocenters. The quantitative estimate of drug-likeness (QED) is 0.799. The van der Waals surface area contributed by atoms with E-state index in [1.165, 1.54) is 6.92 Å². The van der Waals surface area contributed by atoms with E-state index < -0.39 is 0 Å². The summed E-state index contributed by atoms with van der Waals surface area (Å²) in [5.41, 5.74) is 3.91. The van der Waals surface area contributed by atoms with Gasteiger partial charge in [0.05, 0.1) is 12.5 Å². The van der Waals surface area contributed by atoms with E-state index in [9.17, 15) is 9.59 Å². The van der Waals surface area contributed by atoms with Gasteiger partial charge < -0.3 is 15.0 Å². The van der Waals surface area contributed by atoms with Crippen molar-refractivity contribution in [3.05, 3.63) is 16.8 Å². The summed E-state index contributed by atoms with van der Waals surface area (Å²) in [5, 5.41) is 8.18. The van der Waals surface area contributed by atoms with Crippen LogP contribution in [0.4, 0.5) is 0 Å². The Balaban J connectivity index is 1.64. The first-order valence-electron chi connectivity index (χ1n) is 10.2. The van der Waals surface area contributed by atoms with Crippen LogP contribution in [0.5, 0.6) is 5.88 Å². The summed E-state index contributed by atoms with van der Waals surface area (Å²) < 4.78 is 7.15. The van der Waals surface area contributed by atoms with Crippen molar-refractivity contribution >= 4 is 22.8 Å². The molecule has 2 amide bonds. The monoisotopic (exact) mass is 401 g/mol. The predicted molar refractivity (Wildman–Crippen MR) is 111 cm³/mol. The number of ether oxygens (including phenoxy) is 1. The Morgan fingerprint density at radius 2 is 1.93 bits per heavy atom. The number of pyridine rings is 1. The summed E-state index contributed by atoms with van der Waals surface area (Å²) in [5.74, 6) is 1.21. The minimum atomic E-state index is 0.00470.